The Morgan fingerprint density at radius 1 is 1.29 bits per heavy atom. The van der Waals surface area contributed by atoms with Crippen molar-refractivity contribution < 1.29 is 14.3 Å². The molecule has 1 aliphatic heterocycles. The van der Waals surface area contributed by atoms with E-state index in [1.165, 1.54) is 0 Å². The first-order chi connectivity index (χ1) is 10.2. The third-order valence-electron chi connectivity index (χ3n) is 3.83. The van der Waals surface area contributed by atoms with E-state index in [-0.39, 0.29) is 10.7 Å². The molecule has 1 aromatic carbocycles. The average molecular weight is 356 g/mol. The summed E-state index contributed by atoms with van der Waals surface area (Å²) in [5.74, 6) is 1.64. The third kappa shape index (κ3) is 3.90. The Balaban J connectivity index is 2.01. The third-order valence-corrected chi connectivity index (χ3v) is 4.90. The van der Waals surface area contributed by atoms with Crippen LogP contribution >= 0.6 is 15.9 Å². The molecule has 1 heterocycles. The normalized spacial score (nSPS) is 14.9. The van der Waals surface area contributed by atoms with Gasteiger partial charge in [0.25, 0.3) is 5.91 Å². The molecule has 1 N–H and O–H groups in total. The summed E-state index contributed by atoms with van der Waals surface area (Å²) < 4.78 is 11.1. The maximum absolute atomic E-state index is 12.4. The van der Waals surface area contributed by atoms with Crippen molar-refractivity contribution in [2.45, 2.75) is 31.5 Å². The van der Waals surface area contributed by atoms with Crippen LogP contribution in [-0.2, 0) is 0 Å². The predicted molar refractivity (Wildman–Crippen MR) is 86.6 cm³/mol. The van der Waals surface area contributed by atoms with Crippen molar-refractivity contribution in [1.82, 2.24) is 5.32 Å². The molecule has 1 amide bonds. The van der Waals surface area contributed by atoms with Gasteiger partial charge in [0, 0.05) is 11.4 Å². The van der Waals surface area contributed by atoms with Crippen LogP contribution in [0.1, 0.15) is 37.0 Å². The van der Waals surface area contributed by atoms with Gasteiger partial charge in [0.1, 0.15) is 13.2 Å². The van der Waals surface area contributed by atoms with Gasteiger partial charge in [0.05, 0.1) is 5.56 Å². The first-order valence-electron chi connectivity index (χ1n) is 7.48. The summed E-state index contributed by atoms with van der Waals surface area (Å²) in [5.41, 5.74) is 0.538. The second-order valence-electron chi connectivity index (χ2n) is 5.13. The molecule has 2 rings (SSSR count). The zero-order valence-electron chi connectivity index (χ0n) is 12.5. The average Bonchev–Trinajstić information content (AvgIpc) is 2.53. The van der Waals surface area contributed by atoms with Crippen LogP contribution < -0.4 is 14.8 Å². The molecule has 21 heavy (non-hydrogen) atoms. The molecular weight excluding hydrogens is 334 g/mol. The maximum Gasteiger partial charge on any atom is 0.255 e. The number of alkyl halides is 1. The molecular formula is C16H22BrNO3. The highest BCUT2D eigenvalue weighted by atomic mass is 79.9. The summed E-state index contributed by atoms with van der Waals surface area (Å²) in [6, 6.07) is 5.40. The maximum atomic E-state index is 12.4. The minimum atomic E-state index is -0.118. The van der Waals surface area contributed by atoms with Crippen molar-refractivity contribution in [3.63, 3.8) is 0 Å². The smallest absolute Gasteiger partial charge is 0.255 e. The van der Waals surface area contributed by atoms with Gasteiger partial charge in [-0.25, -0.2) is 0 Å². The molecule has 4 nitrogen and oxygen atoms in total. The van der Waals surface area contributed by atoms with E-state index in [9.17, 15) is 4.79 Å². The van der Waals surface area contributed by atoms with Crippen molar-refractivity contribution in [3.8, 4) is 11.5 Å². The van der Waals surface area contributed by atoms with E-state index in [4.69, 9.17) is 9.47 Å². The summed E-state index contributed by atoms with van der Waals surface area (Å²) in [6.45, 7) is 5.95. The number of halogens is 1. The topological polar surface area (TPSA) is 47.6 Å². The number of rotatable bonds is 6. The van der Waals surface area contributed by atoms with Crippen LogP contribution in [0.15, 0.2) is 18.2 Å². The summed E-state index contributed by atoms with van der Waals surface area (Å²) in [4.78, 5) is 12.6. The summed E-state index contributed by atoms with van der Waals surface area (Å²) in [6.07, 6.45) is 2.19. The lowest BCUT2D eigenvalue weighted by Crippen LogP contribution is -2.33. The van der Waals surface area contributed by atoms with Crippen LogP contribution in [0.4, 0.5) is 0 Å². The number of para-hydroxylation sites is 1. The molecule has 1 aromatic rings. The molecule has 0 saturated carbocycles. The summed E-state index contributed by atoms with van der Waals surface area (Å²) in [5, 5.41) is 2.98. The fourth-order valence-electron chi connectivity index (χ4n) is 2.50. The molecule has 0 bridgehead atoms. The Morgan fingerprint density at radius 2 is 2.00 bits per heavy atom. The quantitative estimate of drug-likeness (QED) is 0.795. The van der Waals surface area contributed by atoms with Crippen molar-refractivity contribution in [2.24, 2.45) is 5.92 Å². The Labute approximate surface area is 134 Å². The molecule has 0 aliphatic carbocycles. The van der Waals surface area contributed by atoms with Gasteiger partial charge < -0.3 is 14.8 Å². The number of nitrogens with one attached hydrogen (secondary N) is 1. The molecule has 0 radical (unpaired) electrons. The van der Waals surface area contributed by atoms with Crippen LogP contribution in [0.3, 0.4) is 0 Å². The number of amides is 1. The molecule has 1 aliphatic rings. The first kappa shape index (κ1) is 16.1. The van der Waals surface area contributed by atoms with Gasteiger partial charge in [0.2, 0.25) is 0 Å². The number of hydrogen-bond donors (Lipinski definition) is 1. The van der Waals surface area contributed by atoms with Gasteiger partial charge >= 0.3 is 0 Å². The van der Waals surface area contributed by atoms with Crippen molar-refractivity contribution in [1.29, 1.82) is 0 Å². The Kier molecular flexibility index (Phi) is 5.91. The second kappa shape index (κ2) is 7.69. The SMILES string of the molecule is CCC(CC)C(Br)CNC(=O)c1cccc2c1OCCO2. The lowest BCUT2D eigenvalue weighted by atomic mass is 9.99. The number of carbonyl (C=O) groups is 1. The van der Waals surface area contributed by atoms with E-state index in [0.717, 1.165) is 12.8 Å². The monoisotopic (exact) mass is 355 g/mol. The lowest BCUT2D eigenvalue weighted by molar-refractivity contribution is 0.0941. The van der Waals surface area contributed by atoms with Gasteiger partial charge in [-0.1, -0.05) is 48.7 Å². The molecule has 1 unspecified atom stereocenters. The van der Waals surface area contributed by atoms with E-state index in [2.05, 4.69) is 35.1 Å². The van der Waals surface area contributed by atoms with Crippen LogP contribution in [0.25, 0.3) is 0 Å². The predicted octanol–water partition coefficient (Wildman–Crippen LogP) is 3.39. The zero-order valence-corrected chi connectivity index (χ0v) is 14.1. The Hall–Kier alpha value is -1.23. The number of benzene rings is 1. The highest BCUT2D eigenvalue weighted by molar-refractivity contribution is 9.09. The van der Waals surface area contributed by atoms with E-state index in [1.807, 2.05) is 12.1 Å². The number of fused-ring (bicyclic) bond motifs is 1. The van der Waals surface area contributed by atoms with Crippen LogP contribution in [0.5, 0.6) is 11.5 Å². The van der Waals surface area contributed by atoms with E-state index in [1.54, 1.807) is 6.07 Å². The zero-order chi connectivity index (χ0) is 15.2. The van der Waals surface area contributed by atoms with Crippen molar-refractivity contribution in [3.05, 3.63) is 23.8 Å². The van der Waals surface area contributed by atoms with Gasteiger partial charge in [-0.2, -0.15) is 0 Å². The summed E-state index contributed by atoms with van der Waals surface area (Å²) in [7, 11) is 0. The minimum absolute atomic E-state index is 0.118. The number of ether oxygens (including phenoxy) is 2. The fraction of sp³-hybridized carbons (Fsp3) is 0.562. The molecule has 0 spiro atoms. The van der Waals surface area contributed by atoms with E-state index in [0.29, 0.717) is 42.7 Å². The van der Waals surface area contributed by atoms with Crippen LogP contribution in [-0.4, -0.2) is 30.5 Å². The standard InChI is InChI=1S/C16H22BrNO3/c1-3-11(4-2)13(17)10-18-16(19)12-6-5-7-14-15(12)21-9-8-20-14/h5-7,11,13H,3-4,8-10H2,1-2H3,(H,18,19). The molecule has 116 valence electrons. The number of carbonyl (C=O) groups excluding carboxylic acids is 1. The van der Waals surface area contributed by atoms with Crippen molar-refractivity contribution >= 4 is 21.8 Å². The minimum Gasteiger partial charge on any atom is -0.486 e. The molecule has 0 aromatic heterocycles. The van der Waals surface area contributed by atoms with E-state index >= 15 is 0 Å². The largest absolute Gasteiger partial charge is 0.486 e. The van der Waals surface area contributed by atoms with Gasteiger partial charge in [-0.15, -0.1) is 0 Å². The van der Waals surface area contributed by atoms with Crippen molar-refractivity contribution in [2.75, 3.05) is 19.8 Å². The van der Waals surface area contributed by atoms with Gasteiger partial charge in [-0.05, 0) is 18.1 Å². The van der Waals surface area contributed by atoms with Crippen LogP contribution in [0, 0.1) is 5.92 Å². The van der Waals surface area contributed by atoms with E-state index < -0.39 is 0 Å². The Morgan fingerprint density at radius 3 is 2.71 bits per heavy atom. The Bertz CT molecular complexity index is 488. The highest BCUT2D eigenvalue weighted by Gasteiger charge is 2.22. The number of hydrogen-bond acceptors (Lipinski definition) is 3. The van der Waals surface area contributed by atoms with Gasteiger partial charge in [-0.3, -0.25) is 4.79 Å². The first-order valence-corrected chi connectivity index (χ1v) is 8.39. The molecule has 0 fully saturated rings. The fourth-order valence-corrected chi connectivity index (χ4v) is 3.41. The molecule has 5 heteroatoms. The highest BCUT2D eigenvalue weighted by Crippen LogP contribution is 2.33. The lowest BCUT2D eigenvalue weighted by Gasteiger charge is -2.22. The van der Waals surface area contributed by atoms with Gasteiger partial charge in [0.15, 0.2) is 11.5 Å². The summed E-state index contributed by atoms with van der Waals surface area (Å²) >= 11 is 3.67. The van der Waals surface area contributed by atoms with Crippen LogP contribution in [0.2, 0.25) is 0 Å². The molecule has 1 atom stereocenters. The second-order valence-corrected chi connectivity index (χ2v) is 6.31. The molecule has 0 saturated heterocycles.